The van der Waals surface area contributed by atoms with Crippen LogP contribution in [-0.2, 0) is 14.1 Å². The van der Waals surface area contributed by atoms with E-state index in [9.17, 15) is 9.36 Å². The molecule has 0 fully saturated rings. The molecule has 0 heterocycles. The Morgan fingerprint density at radius 1 is 1.62 bits per heavy atom. The highest BCUT2D eigenvalue weighted by Gasteiger charge is 2.20. The highest BCUT2D eigenvalue weighted by atomic mass is 31.2. The molecule has 13 heavy (non-hydrogen) atoms. The highest BCUT2D eigenvalue weighted by Crippen LogP contribution is 2.28. The van der Waals surface area contributed by atoms with Crippen LogP contribution in [0.2, 0.25) is 0 Å². The number of carbonyl (C=O) groups is 1. The predicted octanol–water partition coefficient (Wildman–Crippen LogP) is -1.41. The number of aliphatic hydroxyl groups is 1. The van der Waals surface area contributed by atoms with Crippen molar-refractivity contribution in [1.29, 1.82) is 0 Å². The Kier molecular flexibility index (Phi) is 5.12. The largest absolute Gasteiger partial charge is 0.464 e. The molecule has 0 aromatic heterocycles. The van der Waals surface area contributed by atoms with Crippen LogP contribution in [-0.4, -0.2) is 40.1 Å². The zero-order chi connectivity index (χ0) is 10.5. The average Bonchev–Trinajstić information content (AvgIpc) is 1.95. The van der Waals surface area contributed by atoms with Crippen LogP contribution >= 0.6 is 7.75 Å². The first-order valence-corrected chi connectivity index (χ1v) is 5.04. The molecular weight excluding hydrogens is 201 g/mol. The molecule has 8 heteroatoms. The van der Waals surface area contributed by atoms with Crippen LogP contribution in [0.25, 0.3) is 0 Å². The van der Waals surface area contributed by atoms with Crippen molar-refractivity contribution in [2.75, 3.05) is 13.2 Å². The summed E-state index contributed by atoms with van der Waals surface area (Å²) in [6, 6.07) is -0.954. The van der Waals surface area contributed by atoms with Crippen LogP contribution in [0.4, 0.5) is 0 Å². The number of ether oxygens (including phenoxy) is 1. The van der Waals surface area contributed by atoms with E-state index in [-0.39, 0.29) is 6.61 Å². The highest BCUT2D eigenvalue weighted by molar-refractivity contribution is 7.49. The Morgan fingerprint density at radius 3 is 2.46 bits per heavy atom. The van der Waals surface area contributed by atoms with Crippen molar-refractivity contribution in [3.05, 3.63) is 0 Å². The number of carbonyl (C=O) groups excluding carboxylic acids is 1. The summed E-state index contributed by atoms with van der Waals surface area (Å²) >= 11 is 0. The van der Waals surface area contributed by atoms with E-state index in [1.165, 1.54) is 0 Å². The van der Waals surface area contributed by atoms with Gasteiger partial charge in [0.25, 0.3) is 0 Å². The van der Waals surface area contributed by atoms with Crippen molar-refractivity contribution in [3.63, 3.8) is 0 Å². The molecule has 0 spiro atoms. The topological polar surface area (TPSA) is 116 Å². The van der Waals surface area contributed by atoms with Crippen LogP contribution < -0.4 is 5.09 Å². The molecule has 0 radical (unpaired) electrons. The van der Waals surface area contributed by atoms with Crippen molar-refractivity contribution in [2.24, 2.45) is 0 Å². The summed E-state index contributed by atoms with van der Waals surface area (Å²) in [7, 11) is -4.40. The lowest BCUT2D eigenvalue weighted by molar-refractivity contribution is -0.141. The lowest BCUT2D eigenvalue weighted by Gasteiger charge is -2.16. The lowest BCUT2D eigenvalue weighted by Crippen LogP contribution is -2.35. The number of aliphatic hydroxyl groups excluding tert-OH is 1. The molecule has 0 aromatic carbocycles. The standard InChI is InChI=1S/C5H12NO6P/c1-4(8)12-3-5(2-7)6-13(9,10)11/h5,7H,2-3H2,1H3,(H3,6,9,10,11). The Hall–Kier alpha value is -0.460. The van der Waals surface area contributed by atoms with Gasteiger partial charge in [-0.25, -0.2) is 9.65 Å². The van der Waals surface area contributed by atoms with Crippen molar-refractivity contribution in [2.45, 2.75) is 13.0 Å². The number of hydrogen-bond acceptors (Lipinski definition) is 4. The van der Waals surface area contributed by atoms with E-state index in [0.717, 1.165) is 6.92 Å². The van der Waals surface area contributed by atoms with E-state index in [1.807, 2.05) is 0 Å². The number of nitrogens with one attached hydrogen (secondary N) is 1. The van der Waals surface area contributed by atoms with Crippen molar-refractivity contribution in [3.8, 4) is 0 Å². The van der Waals surface area contributed by atoms with Crippen molar-refractivity contribution >= 4 is 13.7 Å². The van der Waals surface area contributed by atoms with Gasteiger partial charge in [0.2, 0.25) is 0 Å². The van der Waals surface area contributed by atoms with Gasteiger partial charge in [-0.15, -0.1) is 0 Å². The maximum Gasteiger partial charge on any atom is 0.400 e. The Bertz CT molecular complexity index is 213. The van der Waals surface area contributed by atoms with E-state index < -0.39 is 26.4 Å². The molecule has 0 bridgehead atoms. The SMILES string of the molecule is CC(=O)OCC(CO)NP(=O)(O)O. The third-order valence-corrected chi connectivity index (χ3v) is 1.76. The van der Waals surface area contributed by atoms with Crippen LogP contribution in [0.5, 0.6) is 0 Å². The first-order chi connectivity index (χ1) is 5.85. The summed E-state index contributed by atoms with van der Waals surface area (Å²) in [5.41, 5.74) is 0. The molecule has 0 aliphatic rings. The Labute approximate surface area is 74.9 Å². The van der Waals surface area contributed by atoms with E-state index in [4.69, 9.17) is 14.9 Å². The molecule has 1 unspecified atom stereocenters. The summed E-state index contributed by atoms with van der Waals surface area (Å²) in [6.45, 7) is 0.348. The maximum atomic E-state index is 10.4. The van der Waals surface area contributed by atoms with Crippen LogP contribution in [0.1, 0.15) is 6.92 Å². The first-order valence-electron chi connectivity index (χ1n) is 3.42. The number of esters is 1. The maximum absolute atomic E-state index is 10.4. The fourth-order valence-electron chi connectivity index (χ4n) is 0.587. The van der Waals surface area contributed by atoms with Gasteiger partial charge in [0.15, 0.2) is 0 Å². The fraction of sp³-hybridized carbons (Fsp3) is 0.800. The smallest absolute Gasteiger partial charge is 0.400 e. The summed E-state index contributed by atoms with van der Waals surface area (Å²) in [5, 5.41) is 10.4. The van der Waals surface area contributed by atoms with E-state index in [2.05, 4.69) is 4.74 Å². The minimum Gasteiger partial charge on any atom is -0.464 e. The number of hydrogen-bond donors (Lipinski definition) is 4. The molecule has 0 aromatic rings. The average molecular weight is 213 g/mol. The van der Waals surface area contributed by atoms with Crippen LogP contribution in [0, 0.1) is 0 Å². The quantitative estimate of drug-likeness (QED) is 0.327. The van der Waals surface area contributed by atoms with E-state index in [0.29, 0.717) is 0 Å². The molecule has 7 nitrogen and oxygen atoms in total. The van der Waals surface area contributed by atoms with Gasteiger partial charge in [-0.05, 0) is 0 Å². The third kappa shape index (κ3) is 7.89. The van der Waals surface area contributed by atoms with Gasteiger partial charge in [-0.2, -0.15) is 0 Å². The van der Waals surface area contributed by atoms with Gasteiger partial charge in [-0.3, -0.25) is 4.79 Å². The molecule has 1 atom stereocenters. The number of rotatable bonds is 5. The Morgan fingerprint density at radius 2 is 2.15 bits per heavy atom. The zero-order valence-corrected chi connectivity index (χ0v) is 7.90. The molecular formula is C5H12NO6P. The molecule has 0 saturated heterocycles. The van der Waals surface area contributed by atoms with Gasteiger partial charge in [0, 0.05) is 6.92 Å². The van der Waals surface area contributed by atoms with Crippen LogP contribution in [0.15, 0.2) is 0 Å². The first kappa shape index (κ1) is 12.5. The van der Waals surface area contributed by atoms with Crippen LogP contribution in [0.3, 0.4) is 0 Å². The normalized spacial score (nSPS) is 13.8. The lowest BCUT2D eigenvalue weighted by atomic mass is 10.4. The second-order valence-corrected chi connectivity index (χ2v) is 3.70. The van der Waals surface area contributed by atoms with Gasteiger partial charge < -0.3 is 19.6 Å². The zero-order valence-electron chi connectivity index (χ0n) is 7.01. The van der Waals surface area contributed by atoms with E-state index >= 15 is 0 Å². The summed E-state index contributed by atoms with van der Waals surface area (Å²) in [5.74, 6) is -0.578. The fourth-order valence-corrected chi connectivity index (χ4v) is 1.22. The minimum absolute atomic E-state index is 0.281. The van der Waals surface area contributed by atoms with Gasteiger partial charge in [-0.1, -0.05) is 0 Å². The Balaban J connectivity index is 3.90. The summed E-state index contributed by atoms with van der Waals surface area (Å²) < 4.78 is 14.8. The second-order valence-electron chi connectivity index (χ2n) is 2.36. The molecule has 0 saturated carbocycles. The third-order valence-electron chi connectivity index (χ3n) is 1.06. The van der Waals surface area contributed by atoms with E-state index in [1.54, 1.807) is 5.09 Å². The van der Waals surface area contributed by atoms with Gasteiger partial charge in [0.1, 0.15) is 6.61 Å². The molecule has 0 amide bonds. The molecule has 0 aliphatic heterocycles. The van der Waals surface area contributed by atoms with Gasteiger partial charge in [0.05, 0.1) is 12.6 Å². The summed E-state index contributed by atoms with van der Waals surface area (Å²) in [6.07, 6.45) is 0. The monoisotopic (exact) mass is 213 g/mol. The van der Waals surface area contributed by atoms with Crippen molar-refractivity contribution in [1.82, 2.24) is 5.09 Å². The molecule has 78 valence electrons. The molecule has 0 aliphatic carbocycles. The predicted molar refractivity (Wildman–Crippen MR) is 42.7 cm³/mol. The minimum atomic E-state index is -4.40. The second kappa shape index (κ2) is 5.31. The molecule has 4 N–H and O–H groups in total. The molecule has 0 rings (SSSR count). The van der Waals surface area contributed by atoms with Crippen molar-refractivity contribution < 1.29 is 29.0 Å². The summed E-state index contributed by atoms with van der Waals surface area (Å²) in [4.78, 5) is 27.2. The van der Waals surface area contributed by atoms with Gasteiger partial charge >= 0.3 is 13.7 Å².